The predicted octanol–water partition coefficient (Wildman–Crippen LogP) is 2.53. The van der Waals surface area contributed by atoms with E-state index in [0.29, 0.717) is 17.3 Å². The van der Waals surface area contributed by atoms with Crippen molar-refractivity contribution in [2.24, 2.45) is 5.92 Å². The molecule has 1 rings (SSSR count). The fourth-order valence-electron chi connectivity index (χ4n) is 1.71. The maximum atomic E-state index is 5.77. The predicted molar refractivity (Wildman–Crippen MR) is 57.0 cm³/mol. The fraction of sp³-hybridized carbons (Fsp3) is 1.00. The summed E-state index contributed by atoms with van der Waals surface area (Å²) < 4.78 is 11.2. The van der Waals surface area contributed by atoms with Crippen LogP contribution in [-0.4, -0.2) is 30.0 Å². The highest BCUT2D eigenvalue weighted by atomic mass is 32.2. The smallest absolute Gasteiger partial charge is 0.155 e. The molecule has 2 unspecified atom stereocenters. The lowest BCUT2D eigenvalue weighted by atomic mass is 10.0. The second-order valence-electron chi connectivity index (χ2n) is 3.64. The molecule has 1 saturated heterocycles. The van der Waals surface area contributed by atoms with Crippen LogP contribution >= 0.6 is 11.8 Å². The van der Waals surface area contributed by atoms with Gasteiger partial charge in [-0.05, 0) is 12.7 Å². The summed E-state index contributed by atoms with van der Waals surface area (Å²) in [6, 6.07) is 0. The topological polar surface area (TPSA) is 18.5 Å². The SMILES string of the molecule is CCSC(C)C1O[C@H](C)OC[C@H]1C. The molecule has 0 amide bonds. The van der Waals surface area contributed by atoms with Crippen LogP contribution in [0.1, 0.15) is 27.7 Å². The number of rotatable bonds is 3. The van der Waals surface area contributed by atoms with Crippen LogP contribution in [0.3, 0.4) is 0 Å². The molecule has 13 heavy (non-hydrogen) atoms. The van der Waals surface area contributed by atoms with Crippen LogP contribution in [0.2, 0.25) is 0 Å². The molecule has 2 nitrogen and oxygen atoms in total. The van der Waals surface area contributed by atoms with E-state index in [0.717, 1.165) is 12.4 Å². The van der Waals surface area contributed by atoms with Crippen molar-refractivity contribution in [2.75, 3.05) is 12.4 Å². The molecule has 1 fully saturated rings. The van der Waals surface area contributed by atoms with E-state index in [4.69, 9.17) is 9.47 Å². The minimum Gasteiger partial charge on any atom is -0.353 e. The van der Waals surface area contributed by atoms with Gasteiger partial charge in [0.1, 0.15) is 0 Å². The lowest BCUT2D eigenvalue weighted by Crippen LogP contribution is -2.42. The van der Waals surface area contributed by atoms with Crippen molar-refractivity contribution in [3.63, 3.8) is 0 Å². The highest BCUT2D eigenvalue weighted by Crippen LogP contribution is 2.27. The van der Waals surface area contributed by atoms with Crippen molar-refractivity contribution in [2.45, 2.75) is 45.3 Å². The molecule has 4 atom stereocenters. The van der Waals surface area contributed by atoms with E-state index in [2.05, 4.69) is 20.8 Å². The third-order valence-corrected chi connectivity index (χ3v) is 3.52. The Hall–Kier alpha value is 0.270. The van der Waals surface area contributed by atoms with Crippen LogP contribution < -0.4 is 0 Å². The summed E-state index contributed by atoms with van der Waals surface area (Å²) in [5.74, 6) is 1.67. The van der Waals surface area contributed by atoms with Gasteiger partial charge in [0, 0.05) is 11.2 Å². The van der Waals surface area contributed by atoms with Gasteiger partial charge in [0.15, 0.2) is 6.29 Å². The Bertz CT molecular complexity index is 152. The highest BCUT2D eigenvalue weighted by molar-refractivity contribution is 7.99. The molecular formula is C10H20O2S. The van der Waals surface area contributed by atoms with Gasteiger partial charge in [0.25, 0.3) is 0 Å². The summed E-state index contributed by atoms with van der Waals surface area (Å²) in [5.41, 5.74) is 0. The molecule has 0 N–H and O–H groups in total. The van der Waals surface area contributed by atoms with Gasteiger partial charge in [-0.2, -0.15) is 11.8 Å². The molecule has 0 radical (unpaired) electrons. The van der Waals surface area contributed by atoms with Crippen LogP contribution in [-0.2, 0) is 9.47 Å². The third-order valence-electron chi connectivity index (χ3n) is 2.40. The van der Waals surface area contributed by atoms with Gasteiger partial charge in [-0.3, -0.25) is 0 Å². The lowest BCUT2D eigenvalue weighted by Gasteiger charge is -2.36. The largest absolute Gasteiger partial charge is 0.353 e. The first-order chi connectivity index (χ1) is 6.15. The van der Waals surface area contributed by atoms with E-state index in [-0.39, 0.29) is 6.29 Å². The van der Waals surface area contributed by atoms with Gasteiger partial charge < -0.3 is 9.47 Å². The monoisotopic (exact) mass is 204 g/mol. The lowest BCUT2D eigenvalue weighted by molar-refractivity contribution is -0.223. The first kappa shape index (κ1) is 11.3. The van der Waals surface area contributed by atoms with Gasteiger partial charge in [-0.1, -0.05) is 20.8 Å². The Kier molecular flexibility index (Phi) is 4.56. The molecule has 0 aliphatic carbocycles. The highest BCUT2D eigenvalue weighted by Gasteiger charge is 2.30. The zero-order valence-electron chi connectivity index (χ0n) is 8.95. The molecule has 0 saturated carbocycles. The molecule has 0 bridgehead atoms. The first-order valence-electron chi connectivity index (χ1n) is 5.03. The van der Waals surface area contributed by atoms with Gasteiger partial charge >= 0.3 is 0 Å². The third kappa shape index (κ3) is 3.15. The Balaban J connectivity index is 2.44. The fourth-order valence-corrected chi connectivity index (χ4v) is 2.76. The van der Waals surface area contributed by atoms with E-state index < -0.39 is 0 Å². The number of thioether (sulfide) groups is 1. The minimum atomic E-state index is -0.0268. The van der Waals surface area contributed by atoms with Gasteiger partial charge in [0.2, 0.25) is 0 Å². The summed E-state index contributed by atoms with van der Waals surface area (Å²) in [7, 11) is 0. The standard InChI is InChI=1S/C10H20O2S/c1-5-13-8(3)10-7(2)6-11-9(4)12-10/h7-10H,5-6H2,1-4H3/t7-,8?,9-,10?/m1/s1. The quantitative estimate of drug-likeness (QED) is 0.704. The Morgan fingerprint density at radius 1 is 1.46 bits per heavy atom. The van der Waals surface area contributed by atoms with E-state index in [1.807, 2.05) is 18.7 Å². The molecular weight excluding hydrogens is 184 g/mol. The molecule has 0 aromatic heterocycles. The van der Waals surface area contributed by atoms with Crippen LogP contribution in [0.5, 0.6) is 0 Å². The Morgan fingerprint density at radius 2 is 2.15 bits per heavy atom. The molecule has 1 aliphatic heterocycles. The van der Waals surface area contributed by atoms with Crippen molar-refractivity contribution in [1.82, 2.24) is 0 Å². The number of ether oxygens (including phenoxy) is 2. The first-order valence-corrected chi connectivity index (χ1v) is 6.08. The van der Waals surface area contributed by atoms with Crippen molar-refractivity contribution in [1.29, 1.82) is 0 Å². The summed E-state index contributed by atoms with van der Waals surface area (Å²) in [6.45, 7) is 9.44. The molecule has 0 spiro atoms. The normalized spacial score (nSPS) is 37.4. The summed E-state index contributed by atoms with van der Waals surface area (Å²) in [6.07, 6.45) is 0.329. The number of hydrogen-bond donors (Lipinski definition) is 0. The maximum absolute atomic E-state index is 5.77. The van der Waals surface area contributed by atoms with Crippen LogP contribution in [0.15, 0.2) is 0 Å². The van der Waals surface area contributed by atoms with E-state index in [1.54, 1.807) is 0 Å². The average Bonchev–Trinajstić information content (AvgIpc) is 2.09. The maximum Gasteiger partial charge on any atom is 0.155 e. The summed E-state index contributed by atoms with van der Waals surface area (Å²) in [5, 5.41) is 0.575. The van der Waals surface area contributed by atoms with Gasteiger partial charge in [-0.25, -0.2) is 0 Å². The molecule has 1 aliphatic rings. The summed E-state index contributed by atoms with van der Waals surface area (Å²) in [4.78, 5) is 0. The van der Waals surface area contributed by atoms with Crippen molar-refractivity contribution >= 4 is 11.8 Å². The molecule has 78 valence electrons. The molecule has 1 heterocycles. The van der Waals surface area contributed by atoms with Crippen molar-refractivity contribution in [3.05, 3.63) is 0 Å². The molecule has 3 heteroatoms. The van der Waals surface area contributed by atoms with E-state index in [1.165, 1.54) is 0 Å². The van der Waals surface area contributed by atoms with Gasteiger partial charge in [-0.15, -0.1) is 0 Å². The zero-order chi connectivity index (χ0) is 9.84. The molecule has 0 aromatic carbocycles. The average molecular weight is 204 g/mol. The van der Waals surface area contributed by atoms with E-state index >= 15 is 0 Å². The Labute approximate surface area is 85.4 Å². The van der Waals surface area contributed by atoms with E-state index in [9.17, 15) is 0 Å². The summed E-state index contributed by atoms with van der Waals surface area (Å²) >= 11 is 1.96. The van der Waals surface area contributed by atoms with Crippen LogP contribution in [0.25, 0.3) is 0 Å². The van der Waals surface area contributed by atoms with Crippen molar-refractivity contribution in [3.8, 4) is 0 Å². The van der Waals surface area contributed by atoms with Crippen molar-refractivity contribution < 1.29 is 9.47 Å². The Morgan fingerprint density at radius 3 is 2.77 bits per heavy atom. The van der Waals surface area contributed by atoms with Gasteiger partial charge in [0.05, 0.1) is 12.7 Å². The second-order valence-corrected chi connectivity index (χ2v) is 5.29. The second kappa shape index (κ2) is 5.23. The number of hydrogen-bond acceptors (Lipinski definition) is 3. The van der Waals surface area contributed by atoms with Crippen LogP contribution in [0.4, 0.5) is 0 Å². The molecule has 0 aromatic rings. The van der Waals surface area contributed by atoms with Crippen LogP contribution in [0, 0.1) is 5.92 Å². The minimum absolute atomic E-state index is 0.0268. The zero-order valence-corrected chi connectivity index (χ0v) is 9.76.